The average Bonchev–Trinajstić information content (AvgIpc) is 3.02. The molecule has 1 aliphatic heterocycles. The van der Waals surface area contributed by atoms with Crippen LogP contribution in [-0.4, -0.2) is 26.7 Å². The summed E-state index contributed by atoms with van der Waals surface area (Å²) in [5.41, 5.74) is 1.17. The molecule has 1 fully saturated rings. The second-order valence-corrected chi connectivity index (χ2v) is 7.75. The van der Waals surface area contributed by atoms with E-state index in [0.29, 0.717) is 11.3 Å². The zero-order chi connectivity index (χ0) is 22.1. The van der Waals surface area contributed by atoms with E-state index in [1.54, 1.807) is 18.2 Å². The zero-order valence-corrected chi connectivity index (χ0v) is 17.4. The minimum Gasteiger partial charge on any atom is -0.507 e. The lowest BCUT2D eigenvalue weighted by atomic mass is 9.98. The van der Waals surface area contributed by atoms with Crippen molar-refractivity contribution in [1.82, 2.24) is 9.88 Å². The van der Waals surface area contributed by atoms with Crippen LogP contribution < -0.4 is 0 Å². The fourth-order valence-electron chi connectivity index (χ4n) is 3.47. The monoisotopic (exact) mass is 456 g/mol. The van der Waals surface area contributed by atoms with E-state index >= 15 is 0 Å². The van der Waals surface area contributed by atoms with Gasteiger partial charge in [0.1, 0.15) is 17.6 Å². The van der Waals surface area contributed by atoms with Crippen molar-refractivity contribution in [3.63, 3.8) is 0 Å². The van der Waals surface area contributed by atoms with Crippen molar-refractivity contribution in [2.75, 3.05) is 0 Å². The van der Waals surface area contributed by atoms with E-state index in [9.17, 15) is 19.1 Å². The average molecular weight is 457 g/mol. The Bertz CT molecular complexity index is 1200. The van der Waals surface area contributed by atoms with Gasteiger partial charge in [-0.05, 0) is 48.0 Å². The summed E-state index contributed by atoms with van der Waals surface area (Å²) >= 11 is 12.0. The lowest BCUT2D eigenvalue weighted by molar-refractivity contribution is -0.140. The first-order chi connectivity index (χ1) is 14.9. The number of amides is 1. The molecule has 0 radical (unpaired) electrons. The molecule has 0 bridgehead atoms. The van der Waals surface area contributed by atoms with Gasteiger partial charge < -0.3 is 10.0 Å². The Morgan fingerprint density at radius 2 is 1.77 bits per heavy atom. The van der Waals surface area contributed by atoms with Gasteiger partial charge in [-0.1, -0.05) is 41.4 Å². The molecule has 156 valence electrons. The molecule has 1 aliphatic rings. The summed E-state index contributed by atoms with van der Waals surface area (Å²) in [6.07, 6.45) is 1.53. The van der Waals surface area contributed by atoms with Gasteiger partial charge in [-0.2, -0.15) is 0 Å². The molecule has 3 aromatic rings. The molecule has 1 saturated heterocycles. The quantitative estimate of drug-likeness (QED) is 0.334. The minimum atomic E-state index is -0.930. The largest absolute Gasteiger partial charge is 0.507 e. The van der Waals surface area contributed by atoms with Crippen LogP contribution in [0.4, 0.5) is 4.39 Å². The number of ketones is 1. The summed E-state index contributed by atoms with van der Waals surface area (Å²) in [6.45, 7) is 0.0320. The SMILES string of the molecule is O=C1C(=O)N(Cc2ccc(F)cc2)C(c2ccccn2)/C1=C(/O)c1ccc(Cl)c(Cl)c1. The Balaban J connectivity index is 1.85. The third kappa shape index (κ3) is 4.04. The highest BCUT2D eigenvalue weighted by Crippen LogP contribution is 2.40. The number of likely N-dealkylation sites (tertiary alicyclic amines) is 1. The molecule has 0 spiro atoms. The Kier molecular flexibility index (Phi) is 5.76. The topological polar surface area (TPSA) is 70.5 Å². The number of aliphatic hydroxyl groups is 1. The summed E-state index contributed by atoms with van der Waals surface area (Å²) < 4.78 is 13.3. The molecule has 1 atom stereocenters. The molecule has 4 rings (SSSR count). The van der Waals surface area contributed by atoms with Crippen LogP contribution in [-0.2, 0) is 16.1 Å². The van der Waals surface area contributed by atoms with Crippen molar-refractivity contribution in [3.8, 4) is 0 Å². The number of halogens is 3. The number of hydrogen-bond acceptors (Lipinski definition) is 4. The number of aliphatic hydroxyl groups excluding tert-OH is 1. The first kappa shape index (κ1) is 21.0. The number of pyridine rings is 1. The van der Waals surface area contributed by atoms with Gasteiger partial charge in [0.15, 0.2) is 0 Å². The number of carbonyl (C=O) groups is 2. The highest BCUT2D eigenvalue weighted by atomic mass is 35.5. The first-order valence-corrected chi connectivity index (χ1v) is 10.0. The molecular weight excluding hydrogens is 442 g/mol. The number of aromatic nitrogens is 1. The number of nitrogens with zero attached hydrogens (tertiary/aromatic N) is 2. The van der Waals surface area contributed by atoms with E-state index in [1.807, 2.05) is 0 Å². The van der Waals surface area contributed by atoms with Gasteiger partial charge in [0.05, 0.1) is 21.3 Å². The van der Waals surface area contributed by atoms with E-state index in [-0.39, 0.29) is 33.5 Å². The predicted molar refractivity (Wildman–Crippen MR) is 115 cm³/mol. The van der Waals surface area contributed by atoms with E-state index in [2.05, 4.69) is 4.98 Å². The van der Waals surface area contributed by atoms with Gasteiger partial charge in [-0.3, -0.25) is 14.6 Å². The molecule has 1 aromatic heterocycles. The van der Waals surface area contributed by atoms with Crippen LogP contribution >= 0.6 is 23.2 Å². The molecule has 31 heavy (non-hydrogen) atoms. The van der Waals surface area contributed by atoms with Crippen LogP contribution in [0.25, 0.3) is 5.76 Å². The van der Waals surface area contributed by atoms with E-state index in [4.69, 9.17) is 23.2 Å². The lowest BCUT2D eigenvalue weighted by Crippen LogP contribution is -2.29. The number of rotatable bonds is 4. The normalized spacial score (nSPS) is 17.9. The fraction of sp³-hybridized carbons (Fsp3) is 0.0870. The van der Waals surface area contributed by atoms with E-state index in [1.165, 1.54) is 53.6 Å². The van der Waals surface area contributed by atoms with Crippen molar-refractivity contribution in [2.24, 2.45) is 0 Å². The van der Waals surface area contributed by atoms with Crippen LogP contribution in [0.3, 0.4) is 0 Å². The summed E-state index contributed by atoms with van der Waals surface area (Å²) in [6, 6.07) is 14.2. The van der Waals surface area contributed by atoms with Crippen molar-refractivity contribution in [1.29, 1.82) is 0 Å². The van der Waals surface area contributed by atoms with Crippen LogP contribution in [0, 0.1) is 5.82 Å². The molecule has 0 saturated carbocycles. The minimum absolute atomic E-state index is 0.0320. The zero-order valence-electron chi connectivity index (χ0n) is 15.9. The molecule has 2 heterocycles. The molecule has 1 N–H and O–H groups in total. The van der Waals surface area contributed by atoms with Crippen LogP contribution in [0.1, 0.15) is 22.9 Å². The highest BCUT2D eigenvalue weighted by molar-refractivity contribution is 6.46. The number of Topliss-reactive ketones (excluding diaryl/α,β-unsaturated/α-hetero) is 1. The Hall–Kier alpha value is -3.22. The second-order valence-electron chi connectivity index (χ2n) is 6.94. The molecule has 8 heteroatoms. The summed E-state index contributed by atoms with van der Waals surface area (Å²) in [5, 5.41) is 11.5. The molecule has 2 aromatic carbocycles. The summed E-state index contributed by atoms with van der Waals surface area (Å²) in [5.74, 6) is -2.43. The van der Waals surface area contributed by atoms with Gasteiger partial charge in [0, 0.05) is 18.3 Å². The molecule has 0 aliphatic carbocycles. The van der Waals surface area contributed by atoms with Gasteiger partial charge in [0.25, 0.3) is 11.7 Å². The van der Waals surface area contributed by atoms with Crippen LogP contribution in [0.15, 0.2) is 72.4 Å². The van der Waals surface area contributed by atoms with Gasteiger partial charge >= 0.3 is 0 Å². The molecular formula is C23H15Cl2FN2O3. The Morgan fingerprint density at radius 3 is 2.42 bits per heavy atom. The maximum absolute atomic E-state index is 13.3. The smallest absolute Gasteiger partial charge is 0.296 e. The van der Waals surface area contributed by atoms with Crippen molar-refractivity contribution in [3.05, 3.63) is 105 Å². The third-order valence-electron chi connectivity index (χ3n) is 4.97. The maximum Gasteiger partial charge on any atom is 0.296 e. The molecule has 5 nitrogen and oxygen atoms in total. The van der Waals surface area contributed by atoms with Gasteiger partial charge in [-0.25, -0.2) is 4.39 Å². The fourth-order valence-corrected chi connectivity index (χ4v) is 3.77. The van der Waals surface area contributed by atoms with Crippen molar-refractivity contribution in [2.45, 2.75) is 12.6 Å². The third-order valence-corrected chi connectivity index (χ3v) is 5.71. The molecule has 1 unspecified atom stereocenters. The van der Waals surface area contributed by atoms with Crippen LogP contribution in [0.2, 0.25) is 10.0 Å². The maximum atomic E-state index is 13.3. The number of hydrogen-bond donors (Lipinski definition) is 1. The van der Waals surface area contributed by atoms with Gasteiger partial charge in [0.2, 0.25) is 0 Å². The van der Waals surface area contributed by atoms with Crippen LogP contribution in [0.5, 0.6) is 0 Å². The first-order valence-electron chi connectivity index (χ1n) is 9.26. The van der Waals surface area contributed by atoms with Crippen molar-refractivity contribution < 1.29 is 19.1 Å². The summed E-state index contributed by atoms with van der Waals surface area (Å²) in [7, 11) is 0. The lowest BCUT2D eigenvalue weighted by Gasteiger charge is -2.24. The van der Waals surface area contributed by atoms with Crippen molar-refractivity contribution >= 4 is 40.7 Å². The van der Waals surface area contributed by atoms with E-state index < -0.39 is 23.5 Å². The van der Waals surface area contributed by atoms with E-state index in [0.717, 1.165) is 0 Å². The molecule has 1 amide bonds. The standard InChI is InChI=1S/C23H15Cl2FN2O3/c24-16-9-6-14(11-17(16)25)21(29)19-20(18-3-1-2-10-27-18)28(23(31)22(19)30)12-13-4-7-15(26)8-5-13/h1-11,20,29H,12H2/b21-19-. The summed E-state index contributed by atoms with van der Waals surface area (Å²) in [4.78, 5) is 31.5. The number of benzene rings is 2. The second kappa shape index (κ2) is 8.49. The Labute approximate surface area is 187 Å². The highest BCUT2D eigenvalue weighted by Gasteiger charge is 2.46. The number of carbonyl (C=O) groups excluding carboxylic acids is 2. The Morgan fingerprint density at radius 1 is 1.03 bits per heavy atom. The van der Waals surface area contributed by atoms with Gasteiger partial charge in [-0.15, -0.1) is 0 Å². The predicted octanol–water partition coefficient (Wildman–Crippen LogP) is 5.15.